The van der Waals surface area contributed by atoms with Crippen LogP contribution in [0.2, 0.25) is 0 Å². The van der Waals surface area contributed by atoms with Gasteiger partial charge in [0.1, 0.15) is 12.7 Å². The number of anilines is 2. The summed E-state index contributed by atoms with van der Waals surface area (Å²) in [6.07, 6.45) is 5.49. The van der Waals surface area contributed by atoms with E-state index in [1.165, 1.54) is 30.2 Å². The molecule has 3 rings (SSSR count). The van der Waals surface area contributed by atoms with Crippen molar-refractivity contribution in [2.24, 2.45) is 0 Å². The van der Waals surface area contributed by atoms with Crippen LogP contribution in [0.5, 0.6) is 0 Å². The van der Waals surface area contributed by atoms with E-state index in [-0.39, 0.29) is 5.95 Å². The first-order valence-corrected chi connectivity index (χ1v) is 7.07. The molecule has 0 spiro atoms. The Labute approximate surface area is 122 Å². The average Bonchev–Trinajstić information content (AvgIpc) is 3.16. The van der Waals surface area contributed by atoms with Crippen LogP contribution in [0, 0.1) is 0 Å². The summed E-state index contributed by atoms with van der Waals surface area (Å²) in [5.41, 5.74) is 5.72. The maximum atomic E-state index is 5.72. The molecule has 0 radical (unpaired) electrons. The summed E-state index contributed by atoms with van der Waals surface area (Å²) >= 11 is 0. The summed E-state index contributed by atoms with van der Waals surface area (Å²) in [6.45, 7) is 5.28. The summed E-state index contributed by atoms with van der Waals surface area (Å²) in [5, 5.41) is 7.21. The lowest BCUT2D eigenvalue weighted by Crippen LogP contribution is -2.35. The molecule has 21 heavy (non-hydrogen) atoms. The molecule has 2 aromatic heterocycles. The molecule has 1 fully saturated rings. The lowest BCUT2D eigenvalue weighted by Gasteiger charge is -2.23. The van der Waals surface area contributed by atoms with Crippen LogP contribution in [0.25, 0.3) is 5.95 Å². The molecule has 1 aliphatic rings. The summed E-state index contributed by atoms with van der Waals surface area (Å²) in [7, 11) is 0. The largest absolute Gasteiger partial charge is 0.368 e. The van der Waals surface area contributed by atoms with E-state index >= 15 is 0 Å². The number of likely N-dealkylation sites (tertiary alicyclic amines) is 1. The average molecular weight is 289 g/mol. The smallest absolute Gasteiger partial charge is 0.258 e. The highest BCUT2D eigenvalue weighted by Gasteiger charge is 2.18. The van der Waals surface area contributed by atoms with Gasteiger partial charge in [-0.15, -0.1) is 0 Å². The van der Waals surface area contributed by atoms with Crippen LogP contribution in [0.15, 0.2) is 12.7 Å². The van der Waals surface area contributed by atoms with Gasteiger partial charge in [0.25, 0.3) is 5.95 Å². The third-order valence-corrected chi connectivity index (χ3v) is 3.58. The fourth-order valence-electron chi connectivity index (χ4n) is 2.42. The first-order chi connectivity index (χ1) is 10.2. The van der Waals surface area contributed by atoms with E-state index in [4.69, 9.17) is 5.73 Å². The lowest BCUT2D eigenvalue weighted by atomic mass is 10.3. The molecule has 0 amide bonds. The molecular weight excluding hydrogens is 270 g/mol. The van der Waals surface area contributed by atoms with Crippen molar-refractivity contribution < 1.29 is 0 Å². The van der Waals surface area contributed by atoms with Gasteiger partial charge in [0.15, 0.2) is 0 Å². The standard InChI is InChI=1S/C12H19N9/c1-9(20-4-2-3-5-20)6-15-11-17-10(13)18-12(19-11)21-8-14-7-16-21/h7-9H,2-6H2,1H3,(H3,13,15,17,18,19). The predicted octanol–water partition coefficient (Wildman–Crippen LogP) is -0.0693. The van der Waals surface area contributed by atoms with E-state index in [1.807, 2.05) is 0 Å². The van der Waals surface area contributed by atoms with Gasteiger partial charge in [-0.3, -0.25) is 4.90 Å². The van der Waals surface area contributed by atoms with Crippen LogP contribution in [-0.2, 0) is 0 Å². The molecule has 9 nitrogen and oxygen atoms in total. The van der Waals surface area contributed by atoms with Crippen molar-refractivity contribution >= 4 is 11.9 Å². The molecule has 1 atom stereocenters. The van der Waals surface area contributed by atoms with Crippen molar-refractivity contribution in [3.8, 4) is 5.95 Å². The molecule has 0 bridgehead atoms. The number of hydrogen-bond acceptors (Lipinski definition) is 8. The number of nitrogens with zero attached hydrogens (tertiary/aromatic N) is 7. The first-order valence-electron chi connectivity index (χ1n) is 7.07. The predicted molar refractivity (Wildman–Crippen MR) is 77.9 cm³/mol. The topological polar surface area (TPSA) is 111 Å². The quantitative estimate of drug-likeness (QED) is 0.787. The van der Waals surface area contributed by atoms with Crippen LogP contribution in [0.4, 0.5) is 11.9 Å². The zero-order valence-electron chi connectivity index (χ0n) is 12.0. The zero-order chi connectivity index (χ0) is 14.7. The molecule has 3 heterocycles. The normalized spacial score (nSPS) is 17.0. The molecular formula is C12H19N9. The second-order valence-electron chi connectivity index (χ2n) is 5.13. The number of rotatable bonds is 5. The van der Waals surface area contributed by atoms with Gasteiger partial charge in [-0.25, -0.2) is 4.98 Å². The molecule has 1 aliphatic heterocycles. The molecule has 1 unspecified atom stereocenters. The van der Waals surface area contributed by atoms with Crippen LogP contribution in [0.1, 0.15) is 19.8 Å². The molecule has 0 saturated carbocycles. The third-order valence-electron chi connectivity index (χ3n) is 3.58. The van der Waals surface area contributed by atoms with Gasteiger partial charge in [0.05, 0.1) is 0 Å². The number of hydrogen-bond donors (Lipinski definition) is 2. The van der Waals surface area contributed by atoms with E-state index in [0.717, 1.165) is 19.6 Å². The van der Waals surface area contributed by atoms with E-state index < -0.39 is 0 Å². The summed E-state index contributed by atoms with van der Waals surface area (Å²) < 4.78 is 1.45. The Morgan fingerprint density at radius 2 is 2.10 bits per heavy atom. The van der Waals surface area contributed by atoms with Crippen molar-refractivity contribution in [2.45, 2.75) is 25.8 Å². The molecule has 0 aromatic carbocycles. The highest BCUT2D eigenvalue weighted by Crippen LogP contribution is 2.12. The van der Waals surface area contributed by atoms with Gasteiger partial charge < -0.3 is 11.1 Å². The lowest BCUT2D eigenvalue weighted by molar-refractivity contribution is 0.269. The molecule has 9 heteroatoms. The number of aromatic nitrogens is 6. The Balaban J connectivity index is 1.67. The van der Waals surface area contributed by atoms with Crippen molar-refractivity contribution in [3.63, 3.8) is 0 Å². The molecule has 1 saturated heterocycles. The van der Waals surface area contributed by atoms with Crippen LogP contribution >= 0.6 is 0 Å². The van der Waals surface area contributed by atoms with Crippen molar-refractivity contribution in [1.29, 1.82) is 0 Å². The highest BCUT2D eigenvalue weighted by atomic mass is 15.4. The zero-order valence-corrected chi connectivity index (χ0v) is 12.0. The van der Waals surface area contributed by atoms with Crippen molar-refractivity contribution in [3.05, 3.63) is 12.7 Å². The van der Waals surface area contributed by atoms with E-state index in [1.54, 1.807) is 0 Å². The Morgan fingerprint density at radius 3 is 2.81 bits per heavy atom. The highest BCUT2D eigenvalue weighted by molar-refractivity contribution is 5.34. The van der Waals surface area contributed by atoms with Gasteiger partial charge in [-0.05, 0) is 32.9 Å². The first kappa shape index (κ1) is 13.7. The number of nitrogens with one attached hydrogen (secondary N) is 1. The molecule has 3 N–H and O–H groups in total. The SMILES string of the molecule is CC(CNc1nc(N)nc(-n2cncn2)n1)N1CCCC1. The molecule has 0 aliphatic carbocycles. The Bertz CT molecular complexity index is 576. The van der Waals surface area contributed by atoms with E-state index in [9.17, 15) is 0 Å². The number of nitrogens with two attached hydrogens (primary N) is 1. The second kappa shape index (κ2) is 6.00. The maximum absolute atomic E-state index is 5.72. The van der Waals surface area contributed by atoms with Gasteiger partial charge in [0, 0.05) is 12.6 Å². The van der Waals surface area contributed by atoms with Gasteiger partial charge in [-0.2, -0.15) is 24.7 Å². The van der Waals surface area contributed by atoms with Crippen molar-refractivity contribution in [2.75, 3.05) is 30.7 Å². The fraction of sp³-hybridized carbons (Fsp3) is 0.583. The number of nitrogen functional groups attached to an aromatic ring is 1. The molecule has 112 valence electrons. The van der Waals surface area contributed by atoms with Gasteiger partial charge >= 0.3 is 0 Å². The summed E-state index contributed by atoms with van der Waals surface area (Å²) in [5.74, 6) is 0.974. The summed E-state index contributed by atoms with van der Waals surface area (Å²) in [6, 6.07) is 0.431. The van der Waals surface area contributed by atoms with Crippen LogP contribution in [0.3, 0.4) is 0 Å². The maximum Gasteiger partial charge on any atom is 0.258 e. The summed E-state index contributed by atoms with van der Waals surface area (Å²) in [4.78, 5) is 18.8. The van der Waals surface area contributed by atoms with Gasteiger partial charge in [-0.1, -0.05) is 0 Å². The van der Waals surface area contributed by atoms with Gasteiger partial charge in [0.2, 0.25) is 11.9 Å². The van der Waals surface area contributed by atoms with Crippen LogP contribution < -0.4 is 11.1 Å². The van der Waals surface area contributed by atoms with E-state index in [0.29, 0.717) is 17.9 Å². The minimum Gasteiger partial charge on any atom is -0.368 e. The van der Waals surface area contributed by atoms with E-state index in [2.05, 4.69) is 42.2 Å². The second-order valence-corrected chi connectivity index (χ2v) is 5.13. The van der Waals surface area contributed by atoms with Crippen molar-refractivity contribution in [1.82, 2.24) is 34.6 Å². The molecule has 2 aromatic rings. The van der Waals surface area contributed by atoms with Crippen LogP contribution in [-0.4, -0.2) is 60.3 Å². The minimum atomic E-state index is 0.159. The Hall–Kier alpha value is -2.29. The monoisotopic (exact) mass is 289 g/mol. The Kier molecular flexibility index (Phi) is 3.91. The third kappa shape index (κ3) is 3.24. The minimum absolute atomic E-state index is 0.159. The Morgan fingerprint density at radius 1 is 1.29 bits per heavy atom. The fourth-order valence-corrected chi connectivity index (χ4v) is 2.42.